The van der Waals surface area contributed by atoms with Gasteiger partial charge in [-0.25, -0.2) is 4.98 Å². The average molecular weight is 289 g/mol. The number of benzene rings is 1. The Balaban J connectivity index is 2.03. The first-order chi connectivity index (χ1) is 10.8. The Bertz CT molecular complexity index is 909. The largest absolute Gasteiger partial charge is 0.300 e. The summed E-state index contributed by atoms with van der Waals surface area (Å²) in [7, 11) is 0. The number of hydrogen-bond acceptors (Lipinski definition) is 4. The number of amides is 1. The zero-order valence-corrected chi connectivity index (χ0v) is 11.5. The van der Waals surface area contributed by atoms with Crippen molar-refractivity contribution in [1.29, 1.82) is 5.26 Å². The molecule has 0 saturated heterocycles. The number of nitrogens with one attached hydrogen (secondary N) is 1. The molecule has 0 fully saturated rings. The number of pyridine rings is 1. The van der Waals surface area contributed by atoms with Crippen LogP contribution in [-0.2, 0) is 4.79 Å². The van der Waals surface area contributed by atoms with E-state index in [0.717, 1.165) is 16.6 Å². The predicted octanol–water partition coefficient (Wildman–Crippen LogP) is 2.11. The summed E-state index contributed by atoms with van der Waals surface area (Å²) in [5.74, 6) is -0.667. The van der Waals surface area contributed by atoms with Crippen molar-refractivity contribution in [3.05, 3.63) is 54.4 Å². The zero-order valence-electron chi connectivity index (χ0n) is 11.5. The zero-order chi connectivity index (χ0) is 15.1. The molecule has 0 radical (unpaired) electrons. The number of para-hydroxylation sites is 2. The molecule has 0 saturated carbocycles. The fourth-order valence-corrected chi connectivity index (χ4v) is 2.93. The van der Waals surface area contributed by atoms with Crippen molar-refractivity contribution in [2.24, 2.45) is 5.92 Å². The van der Waals surface area contributed by atoms with Crippen LogP contribution >= 0.6 is 0 Å². The molecule has 0 bridgehead atoms. The first kappa shape index (κ1) is 12.5. The summed E-state index contributed by atoms with van der Waals surface area (Å²) in [6.07, 6.45) is 3.32. The van der Waals surface area contributed by atoms with E-state index in [4.69, 9.17) is 0 Å². The van der Waals surface area contributed by atoms with E-state index in [0.29, 0.717) is 5.95 Å². The second kappa shape index (κ2) is 4.67. The Morgan fingerprint density at radius 1 is 1.18 bits per heavy atom. The molecular weight excluding hydrogens is 278 g/mol. The maximum absolute atomic E-state index is 12.2. The summed E-state index contributed by atoms with van der Waals surface area (Å²) in [4.78, 5) is 20.7. The number of nitrogens with zero attached hydrogens (tertiary/aromatic N) is 4. The van der Waals surface area contributed by atoms with Crippen molar-refractivity contribution >= 4 is 22.9 Å². The van der Waals surface area contributed by atoms with E-state index in [1.54, 1.807) is 12.4 Å². The second-order valence-electron chi connectivity index (χ2n) is 5.12. The topological polar surface area (TPSA) is 83.6 Å². The second-order valence-corrected chi connectivity index (χ2v) is 5.12. The first-order valence-electron chi connectivity index (χ1n) is 6.87. The maximum Gasteiger partial charge on any atom is 0.246 e. The normalized spacial score (nSPS) is 20.2. The monoisotopic (exact) mass is 289 g/mol. The van der Waals surface area contributed by atoms with Gasteiger partial charge in [-0.2, -0.15) is 5.26 Å². The summed E-state index contributed by atoms with van der Waals surface area (Å²) in [5.41, 5.74) is 2.54. The van der Waals surface area contributed by atoms with E-state index >= 15 is 0 Å². The Morgan fingerprint density at radius 3 is 2.73 bits per heavy atom. The minimum absolute atomic E-state index is 0.327. The van der Waals surface area contributed by atoms with Crippen molar-refractivity contribution in [3.63, 3.8) is 0 Å². The Labute approximate surface area is 126 Å². The highest BCUT2D eigenvalue weighted by atomic mass is 16.2. The molecule has 0 unspecified atom stereocenters. The van der Waals surface area contributed by atoms with Crippen LogP contribution in [0.25, 0.3) is 11.0 Å². The molecule has 3 heterocycles. The van der Waals surface area contributed by atoms with Gasteiger partial charge in [0.2, 0.25) is 11.9 Å². The van der Waals surface area contributed by atoms with Crippen molar-refractivity contribution in [1.82, 2.24) is 14.5 Å². The molecule has 2 aromatic heterocycles. The molecule has 6 nitrogen and oxygen atoms in total. The fraction of sp³-hybridized carbons (Fsp3) is 0.125. The van der Waals surface area contributed by atoms with Gasteiger partial charge in [0.25, 0.3) is 0 Å². The Kier molecular flexibility index (Phi) is 2.66. The van der Waals surface area contributed by atoms with E-state index in [1.165, 1.54) is 0 Å². The summed E-state index contributed by atoms with van der Waals surface area (Å²) < 4.78 is 1.92. The van der Waals surface area contributed by atoms with Gasteiger partial charge >= 0.3 is 0 Å². The highest BCUT2D eigenvalue weighted by molar-refractivity contribution is 5.97. The standard InChI is InChI=1S/C16H11N5O/c17-9-11-14(10-5-7-18-8-6-10)21-13-4-2-1-3-12(13)19-16(21)20-15(11)22/h1-8,11,14H,(H,19,20,22)/t11-,14-/m0/s1. The van der Waals surface area contributed by atoms with Gasteiger partial charge in [0.1, 0.15) is 0 Å². The number of nitriles is 1. The summed E-state index contributed by atoms with van der Waals surface area (Å²) in [6.45, 7) is 0. The van der Waals surface area contributed by atoms with Crippen LogP contribution in [0.3, 0.4) is 0 Å². The maximum atomic E-state index is 12.2. The summed E-state index contributed by atoms with van der Waals surface area (Å²) >= 11 is 0. The quantitative estimate of drug-likeness (QED) is 0.743. The van der Waals surface area contributed by atoms with E-state index in [9.17, 15) is 10.1 Å². The van der Waals surface area contributed by atoms with Crippen LogP contribution in [0.5, 0.6) is 0 Å². The Morgan fingerprint density at radius 2 is 1.95 bits per heavy atom. The lowest BCUT2D eigenvalue weighted by molar-refractivity contribution is -0.119. The van der Waals surface area contributed by atoms with Crippen LogP contribution in [0.1, 0.15) is 11.6 Å². The summed E-state index contributed by atoms with van der Waals surface area (Å²) in [5, 5.41) is 12.2. The van der Waals surface area contributed by atoms with Crippen molar-refractivity contribution < 1.29 is 4.79 Å². The van der Waals surface area contributed by atoms with Gasteiger partial charge in [-0.1, -0.05) is 12.1 Å². The number of hydrogen-bond donors (Lipinski definition) is 1. The SMILES string of the molecule is N#C[C@@H]1C(=O)Nc2nc3ccccc3n2[C@H]1c1ccncc1. The number of imidazole rings is 1. The van der Waals surface area contributed by atoms with Crippen LogP contribution in [0.2, 0.25) is 0 Å². The molecule has 106 valence electrons. The fourth-order valence-electron chi connectivity index (χ4n) is 2.93. The molecule has 1 aliphatic heterocycles. The van der Waals surface area contributed by atoms with Crippen molar-refractivity contribution in [2.75, 3.05) is 5.32 Å². The molecule has 0 spiro atoms. The number of carbonyl (C=O) groups is 1. The van der Waals surface area contributed by atoms with Gasteiger partial charge in [0.05, 0.1) is 23.1 Å². The van der Waals surface area contributed by atoms with E-state index in [2.05, 4.69) is 21.4 Å². The van der Waals surface area contributed by atoms with Crippen LogP contribution < -0.4 is 5.32 Å². The number of carbonyl (C=O) groups excluding carboxylic acids is 1. The van der Waals surface area contributed by atoms with Crippen LogP contribution in [-0.4, -0.2) is 20.4 Å². The van der Waals surface area contributed by atoms with Crippen LogP contribution in [0.15, 0.2) is 48.8 Å². The molecule has 0 aliphatic carbocycles. The Hall–Kier alpha value is -3.20. The van der Waals surface area contributed by atoms with Gasteiger partial charge in [-0.05, 0) is 29.8 Å². The lowest BCUT2D eigenvalue weighted by Gasteiger charge is -2.29. The first-order valence-corrected chi connectivity index (χ1v) is 6.87. The van der Waals surface area contributed by atoms with E-state index in [-0.39, 0.29) is 5.91 Å². The predicted molar refractivity (Wildman–Crippen MR) is 79.8 cm³/mol. The minimum Gasteiger partial charge on any atom is -0.300 e. The van der Waals surface area contributed by atoms with Crippen molar-refractivity contribution in [2.45, 2.75) is 6.04 Å². The highest BCUT2D eigenvalue weighted by Gasteiger charge is 2.38. The van der Waals surface area contributed by atoms with Gasteiger partial charge < -0.3 is 4.57 Å². The van der Waals surface area contributed by atoms with Crippen LogP contribution in [0, 0.1) is 17.2 Å². The highest BCUT2D eigenvalue weighted by Crippen LogP contribution is 2.37. The molecule has 1 N–H and O–H groups in total. The third kappa shape index (κ3) is 1.69. The van der Waals surface area contributed by atoms with Gasteiger partial charge in [-0.3, -0.25) is 15.1 Å². The molecule has 2 atom stereocenters. The molecular formula is C16H11N5O. The van der Waals surface area contributed by atoms with E-state index in [1.807, 2.05) is 41.0 Å². The molecule has 1 aromatic carbocycles. The van der Waals surface area contributed by atoms with Gasteiger partial charge in [-0.15, -0.1) is 0 Å². The van der Waals surface area contributed by atoms with Gasteiger partial charge in [0, 0.05) is 12.4 Å². The van der Waals surface area contributed by atoms with E-state index < -0.39 is 12.0 Å². The molecule has 3 aromatic rings. The minimum atomic E-state index is -0.812. The molecule has 6 heteroatoms. The summed E-state index contributed by atoms with van der Waals surface area (Å²) in [6, 6.07) is 13.0. The molecule has 22 heavy (non-hydrogen) atoms. The number of aromatic nitrogens is 3. The van der Waals surface area contributed by atoms with Crippen molar-refractivity contribution in [3.8, 4) is 6.07 Å². The number of anilines is 1. The molecule has 1 aliphatic rings. The third-order valence-electron chi connectivity index (χ3n) is 3.89. The smallest absolute Gasteiger partial charge is 0.246 e. The molecule has 1 amide bonds. The van der Waals surface area contributed by atoms with Gasteiger partial charge in [0.15, 0.2) is 5.92 Å². The number of fused-ring (bicyclic) bond motifs is 3. The number of rotatable bonds is 1. The lowest BCUT2D eigenvalue weighted by Crippen LogP contribution is -2.37. The lowest BCUT2D eigenvalue weighted by atomic mass is 9.92. The average Bonchev–Trinajstić information content (AvgIpc) is 2.92. The van der Waals surface area contributed by atoms with Crippen LogP contribution in [0.4, 0.5) is 5.95 Å². The molecule has 4 rings (SSSR count). The third-order valence-corrected chi connectivity index (χ3v) is 3.89.